The zero-order valence-electron chi connectivity index (χ0n) is 10.8. The number of carbonyl (C=O) groups excluding carboxylic acids is 1. The van der Waals surface area contributed by atoms with Gasteiger partial charge in [0.05, 0.1) is 6.54 Å². The van der Waals surface area contributed by atoms with E-state index in [9.17, 15) is 4.79 Å². The largest absolute Gasteiger partial charge is 0.492 e. The van der Waals surface area contributed by atoms with Gasteiger partial charge in [0.2, 0.25) is 5.91 Å². The van der Waals surface area contributed by atoms with Crippen LogP contribution in [0.3, 0.4) is 0 Å². The van der Waals surface area contributed by atoms with Crippen molar-refractivity contribution in [1.82, 2.24) is 5.32 Å². The lowest BCUT2D eigenvalue weighted by molar-refractivity contribution is -0.121. The molecule has 0 atom stereocenters. The van der Waals surface area contributed by atoms with E-state index in [-0.39, 0.29) is 12.5 Å². The summed E-state index contributed by atoms with van der Waals surface area (Å²) in [5.74, 6) is 0.834. The Morgan fingerprint density at radius 2 is 2.22 bits per heavy atom. The fourth-order valence-corrected chi connectivity index (χ4v) is 1.55. The maximum Gasteiger partial charge on any atom is 0.220 e. The number of hydrogen-bond donors (Lipinski definition) is 2. The first kappa shape index (κ1) is 14.5. The number of amides is 1. The Kier molecular flexibility index (Phi) is 6.87. The van der Waals surface area contributed by atoms with Crippen molar-refractivity contribution in [3.05, 3.63) is 29.8 Å². The van der Waals surface area contributed by atoms with Crippen molar-refractivity contribution in [1.29, 1.82) is 0 Å². The molecule has 0 radical (unpaired) electrons. The second-order valence-corrected chi connectivity index (χ2v) is 4.20. The summed E-state index contributed by atoms with van der Waals surface area (Å²) in [6, 6.07) is 7.81. The Bertz CT molecular complexity index is 366. The van der Waals surface area contributed by atoms with Gasteiger partial charge in [0.1, 0.15) is 12.4 Å². The van der Waals surface area contributed by atoms with Crippen molar-refractivity contribution in [2.45, 2.75) is 26.2 Å². The zero-order valence-corrected chi connectivity index (χ0v) is 10.8. The lowest BCUT2D eigenvalue weighted by Gasteiger charge is -2.08. The van der Waals surface area contributed by atoms with Crippen LogP contribution in [0.15, 0.2) is 24.3 Å². The molecule has 18 heavy (non-hydrogen) atoms. The van der Waals surface area contributed by atoms with Crippen molar-refractivity contribution in [3.8, 4) is 5.75 Å². The van der Waals surface area contributed by atoms with Crippen molar-refractivity contribution < 1.29 is 14.6 Å². The highest BCUT2D eigenvalue weighted by Crippen LogP contribution is 2.11. The first-order chi connectivity index (χ1) is 8.72. The molecule has 1 aromatic rings. The van der Waals surface area contributed by atoms with Crippen LogP contribution in [0.5, 0.6) is 5.75 Å². The van der Waals surface area contributed by atoms with Crippen LogP contribution >= 0.6 is 0 Å². The summed E-state index contributed by atoms with van der Waals surface area (Å²) in [4.78, 5) is 11.3. The molecule has 0 aliphatic heterocycles. The van der Waals surface area contributed by atoms with E-state index >= 15 is 0 Å². The molecule has 0 aliphatic rings. The summed E-state index contributed by atoms with van der Waals surface area (Å²) in [6.45, 7) is 3.13. The molecule has 0 fully saturated rings. The number of ether oxygens (including phenoxy) is 1. The molecule has 0 aromatic heterocycles. The quantitative estimate of drug-likeness (QED) is 0.691. The van der Waals surface area contributed by atoms with Crippen molar-refractivity contribution >= 4 is 5.91 Å². The molecule has 0 heterocycles. The van der Waals surface area contributed by atoms with Gasteiger partial charge in [0.25, 0.3) is 0 Å². The summed E-state index contributed by atoms with van der Waals surface area (Å²) in [7, 11) is 0. The summed E-state index contributed by atoms with van der Waals surface area (Å²) >= 11 is 0. The van der Waals surface area contributed by atoms with Crippen LogP contribution in [0.1, 0.15) is 24.8 Å². The number of aliphatic hydroxyl groups excluding tert-OH is 1. The van der Waals surface area contributed by atoms with Gasteiger partial charge in [0, 0.05) is 13.0 Å². The van der Waals surface area contributed by atoms with E-state index in [0.717, 1.165) is 17.7 Å². The van der Waals surface area contributed by atoms with Crippen LogP contribution in [-0.2, 0) is 4.79 Å². The van der Waals surface area contributed by atoms with Crippen LogP contribution in [0, 0.1) is 6.92 Å². The molecule has 0 unspecified atom stereocenters. The van der Waals surface area contributed by atoms with E-state index in [1.54, 1.807) is 0 Å². The van der Waals surface area contributed by atoms with Crippen molar-refractivity contribution in [3.63, 3.8) is 0 Å². The van der Waals surface area contributed by atoms with Gasteiger partial charge < -0.3 is 15.2 Å². The van der Waals surface area contributed by atoms with Crippen molar-refractivity contribution in [2.75, 3.05) is 19.8 Å². The topological polar surface area (TPSA) is 58.6 Å². The van der Waals surface area contributed by atoms with E-state index in [1.807, 2.05) is 31.2 Å². The van der Waals surface area contributed by atoms with Gasteiger partial charge in [-0.2, -0.15) is 0 Å². The summed E-state index contributed by atoms with van der Waals surface area (Å²) in [5.41, 5.74) is 1.15. The number of rotatable bonds is 8. The smallest absolute Gasteiger partial charge is 0.220 e. The van der Waals surface area contributed by atoms with Crippen molar-refractivity contribution in [2.24, 2.45) is 0 Å². The molecular weight excluding hydrogens is 230 g/mol. The van der Waals surface area contributed by atoms with Gasteiger partial charge in [-0.1, -0.05) is 12.1 Å². The Balaban J connectivity index is 2.09. The van der Waals surface area contributed by atoms with E-state index in [0.29, 0.717) is 26.0 Å². The molecule has 4 heteroatoms. The third-order valence-electron chi connectivity index (χ3n) is 2.49. The van der Waals surface area contributed by atoms with Gasteiger partial charge >= 0.3 is 0 Å². The maximum absolute atomic E-state index is 11.3. The third kappa shape index (κ3) is 6.25. The predicted molar refractivity (Wildman–Crippen MR) is 70.6 cm³/mol. The monoisotopic (exact) mass is 251 g/mol. The van der Waals surface area contributed by atoms with Gasteiger partial charge in [0.15, 0.2) is 0 Å². The molecule has 1 rings (SSSR count). The molecule has 0 saturated carbocycles. The van der Waals surface area contributed by atoms with E-state index in [1.165, 1.54) is 0 Å². The number of benzene rings is 1. The Morgan fingerprint density at radius 1 is 1.39 bits per heavy atom. The number of nitrogens with one attached hydrogen (secondary N) is 1. The Labute approximate surface area is 108 Å². The highest BCUT2D eigenvalue weighted by molar-refractivity contribution is 5.75. The fraction of sp³-hybridized carbons (Fsp3) is 0.500. The summed E-state index contributed by atoms with van der Waals surface area (Å²) in [6.07, 6.45) is 1.86. The normalized spacial score (nSPS) is 10.1. The zero-order chi connectivity index (χ0) is 13.2. The van der Waals surface area contributed by atoms with Crippen LogP contribution in [-0.4, -0.2) is 30.8 Å². The van der Waals surface area contributed by atoms with Gasteiger partial charge in [-0.05, 0) is 37.5 Å². The van der Waals surface area contributed by atoms with Crippen LogP contribution < -0.4 is 10.1 Å². The number of hydrogen-bond acceptors (Lipinski definition) is 3. The molecule has 0 spiro atoms. The molecule has 0 saturated heterocycles. The molecule has 100 valence electrons. The lowest BCUT2D eigenvalue weighted by atomic mass is 10.2. The fourth-order valence-electron chi connectivity index (χ4n) is 1.55. The van der Waals surface area contributed by atoms with E-state index in [2.05, 4.69) is 5.32 Å². The average Bonchev–Trinajstić information content (AvgIpc) is 2.35. The van der Waals surface area contributed by atoms with Gasteiger partial charge in [-0.25, -0.2) is 0 Å². The Morgan fingerprint density at radius 3 is 2.94 bits per heavy atom. The first-order valence-electron chi connectivity index (χ1n) is 6.29. The van der Waals surface area contributed by atoms with Crippen LogP contribution in [0.4, 0.5) is 0 Å². The highest BCUT2D eigenvalue weighted by Gasteiger charge is 2.00. The minimum absolute atomic E-state index is 0.0105. The second-order valence-electron chi connectivity index (χ2n) is 4.20. The molecule has 4 nitrogen and oxygen atoms in total. The highest BCUT2D eigenvalue weighted by atomic mass is 16.5. The number of aryl methyl sites for hydroxylation is 1. The lowest BCUT2D eigenvalue weighted by Crippen LogP contribution is -2.27. The summed E-state index contributed by atoms with van der Waals surface area (Å²) < 4.78 is 5.51. The second kappa shape index (κ2) is 8.53. The number of carbonyl (C=O) groups is 1. The van der Waals surface area contributed by atoms with Crippen LogP contribution in [0.25, 0.3) is 0 Å². The standard InChI is InChI=1S/C14H21NO3/c1-12-5-4-6-13(11-12)18-10-8-15-14(17)7-2-3-9-16/h4-6,11,16H,2-3,7-10H2,1H3,(H,15,17). The minimum atomic E-state index is 0.0105. The van der Waals surface area contributed by atoms with E-state index < -0.39 is 0 Å². The molecule has 2 N–H and O–H groups in total. The summed E-state index contributed by atoms with van der Waals surface area (Å²) in [5, 5.41) is 11.4. The third-order valence-corrected chi connectivity index (χ3v) is 2.49. The maximum atomic E-state index is 11.3. The van der Waals surface area contributed by atoms with Gasteiger partial charge in [-0.3, -0.25) is 4.79 Å². The molecule has 0 bridgehead atoms. The molecular formula is C14H21NO3. The predicted octanol–water partition coefficient (Wildman–Crippen LogP) is 1.65. The first-order valence-corrected chi connectivity index (χ1v) is 6.29. The van der Waals surface area contributed by atoms with Gasteiger partial charge in [-0.15, -0.1) is 0 Å². The van der Waals surface area contributed by atoms with E-state index in [4.69, 9.17) is 9.84 Å². The Hall–Kier alpha value is -1.55. The number of aliphatic hydroxyl groups is 1. The molecule has 1 aromatic carbocycles. The van der Waals surface area contributed by atoms with Crippen LogP contribution in [0.2, 0.25) is 0 Å². The molecule has 1 amide bonds. The molecule has 0 aliphatic carbocycles. The number of unbranched alkanes of at least 4 members (excludes halogenated alkanes) is 1. The minimum Gasteiger partial charge on any atom is -0.492 e. The SMILES string of the molecule is Cc1cccc(OCCNC(=O)CCCCO)c1. The average molecular weight is 251 g/mol.